The highest BCUT2D eigenvalue weighted by molar-refractivity contribution is 7.10. The molecule has 1 aromatic heterocycles. The summed E-state index contributed by atoms with van der Waals surface area (Å²) in [6.45, 7) is 5.40. The van der Waals surface area contributed by atoms with Crippen molar-refractivity contribution in [3.63, 3.8) is 0 Å². The van der Waals surface area contributed by atoms with Crippen molar-refractivity contribution in [1.82, 2.24) is 9.80 Å². The number of amides is 3. The highest BCUT2D eigenvalue weighted by Gasteiger charge is 2.33. The van der Waals surface area contributed by atoms with Gasteiger partial charge in [0.15, 0.2) is 0 Å². The lowest BCUT2D eigenvalue weighted by molar-refractivity contribution is -0.137. The number of allylic oxidation sites excluding steroid dienone is 1. The van der Waals surface area contributed by atoms with Crippen LogP contribution in [0.3, 0.4) is 0 Å². The average molecular weight is 506 g/mol. The molecule has 4 rings (SSSR count). The first-order valence-electron chi connectivity index (χ1n) is 11.4. The Hall–Kier alpha value is -3.14. The third-order valence-electron chi connectivity index (χ3n) is 6.41. The molecule has 0 spiro atoms. The minimum Gasteiger partial charge on any atom is -0.339 e. The molecule has 1 N–H and O–H groups in total. The van der Waals surface area contributed by atoms with Gasteiger partial charge in [0.05, 0.1) is 17.7 Å². The van der Waals surface area contributed by atoms with Gasteiger partial charge in [-0.2, -0.15) is 13.2 Å². The van der Waals surface area contributed by atoms with E-state index < -0.39 is 23.6 Å². The van der Waals surface area contributed by atoms with Gasteiger partial charge in [-0.25, -0.2) is 0 Å². The van der Waals surface area contributed by atoms with Crippen LogP contribution in [0.5, 0.6) is 0 Å². The molecule has 0 aliphatic carbocycles. The maximum atomic E-state index is 13.5. The van der Waals surface area contributed by atoms with Crippen molar-refractivity contribution in [2.75, 3.05) is 25.0 Å². The molecule has 2 aromatic rings. The molecule has 0 saturated carbocycles. The van der Waals surface area contributed by atoms with Crippen molar-refractivity contribution in [3.8, 4) is 0 Å². The number of carbonyl (C=O) groups excluding carboxylic acids is 3. The summed E-state index contributed by atoms with van der Waals surface area (Å²) in [7, 11) is 0. The number of nitrogens with zero attached hydrogens (tertiary/aromatic N) is 2. The topological polar surface area (TPSA) is 69.7 Å². The monoisotopic (exact) mass is 505 g/mol. The summed E-state index contributed by atoms with van der Waals surface area (Å²) in [4.78, 5) is 42.4. The number of nitrogens with one attached hydrogen (secondary N) is 1. The number of benzene rings is 1. The lowest BCUT2D eigenvalue weighted by Crippen LogP contribution is -2.36. The van der Waals surface area contributed by atoms with E-state index in [1.165, 1.54) is 22.3 Å². The molecule has 2 aliphatic heterocycles. The number of likely N-dealkylation sites (tertiary alicyclic amines) is 1. The number of alkyl halides is 3. The molecule has 2 aliphatic rings. The summed E-state index contributed by atoms with van der Waals surface area (Å²) >= 11 is 1.35. The Balaban J connectivity index is 1.57. The molecule has 1 fully saturated rings. The molecule has 1 saturated heterocycles. The minimum atomic E-state index is -4.66. The predicted molar refractivity (Wildman–Crippen MR) is 127 cm³/mol. The highest BCUT2D eigenvalue weighted by atomic mass is 32.1. The fourth-order valence-electron chi connectivity index (χ4n) is 4.35. The second-order valence-corrected chi connectivity index (χ2v) is 9.71. The van der Waals surface area contributed by atoms with Gasteiger partial charge in [0.2, 0.25) is 5.91 Å². The first kappa shape index (κ1) is 25.0. The van der Waals surface area contributed by atoms with Gasteiger partial charge in [0.25, 0.3) is 11.8 Å². The molecule has 186 valence electrons. The van der Waals surface area contributed by atoms with Crippen molar-refractivity contribution in [1.29, 1.82) is 0 Å². The third-order valence-corrected chi connectivity index (χ3v) is 7.42. The summed E-state index contributed by atoms with van der Waals surface area (Å²) in [5.74, 6) is -1.07. The number of hydrogen-bond acceptors (Lipinski definition) is 4. The van der Waals surface area contributed by atoms with Crippen molar-refractivity contribution < 1.29 is 27.6 Å². The molecule has 0 bridgehead atoms. The zero-order valence-electron chi connectivity index (χ0n) is 19.5. The molecule has 0 radical (unpaired) electrons. The number of rotatable bonds is 4. The number of hydrogen-bond donors (Lipinski definition) is 1. The predicted octanol–water partition coefficient (Wildman–Crippen LogP) is 5.11. The zero-order valence-corrected chi connectivity index (χ0v) is 20.3. The van der Waals surface area contributed by atoms with Gasteiger partial charge in [-0.1, -0.05) is 6.08 Å². The maximum Gasteiger partial charge on any atom is 0.416 e. The summed E-state index contributed by atoms with van der Waals surface area (Å²) in [6, 6.07) is 2.98. The molecular formula is C25H26F3N3O3S. The number of halogens is 3. The first-order valence-corrected chi connectivity index (χ1v) is 12.3. The third kappa shape index (κ3) is 5.27. The van der Waals surface area contributed by atoms with Gasteiger partial charge in [0.1, 0.15) is 0 Å². The van der Waals surface area contributed by atoms with Crippen LogP contribution < -0.4 is 5.32 Å². The lowest BCUT2D eigenvalue weighted by atomic mass is 10.0. The van der Waals surface area contributed by atoms with E-state index in [1.807, 2.05) is 0 Å². The van der Waals surface area contributed by atoms with Gasteiger partial charge < -0.3 is 15.1 Å². The van der Waals surface area contributed by atoms with Crippen LogP contribution in [-0.2, 0) is 23.9 Å². The van der Waals surface area contributed by atoms with E-state index in [9.17, 15) is 27.6 Å². The van der Waals surface area contributed by atoms with E-state index in [2.05, 4.69) is 5.32 Å². The van der Waals surface area contributed by atoms with Gasteiger partial charge in [0, 0.05) is 46.7 Å². The van der Waals surface area contributed by atoms with Crippen LogP contribution in [0.25, 0.3) is 0 Å². The second-order valence-electron chi connectivity index (χ2n) is 8.75. The van der Waals surface area contributed by atoms with Crippen molar-refractivity contribution in [2.45, 2.75) is 45.8 Å². The molecule has 6 nitrogen and oxygen atoms in total. The average Bonchev–Trinajstić information content (AvgIpc) is 3.51. The summed E-state index contributed by atoms with van der Waals surface area (Å²) in [6.07, 6.45) is -0.804. The smallest absolute Gasteiger partial charge is 0.339 e. The van der Waals surface area contributed by atoms with Crippen LogP contribution in [0.2, 0.25) is 0 Å². The number of anilines is 1. The molecular weight excluding hydrogens is 479 g/mol. The van der Waals surface area contributed by atoms with E-state index in [4.69, 9.17) is 0 Å². The Bertz CT molecular complexity index is 1200. The fourth-order valence-corrected chi connectivity index (χ4v) is 5.45. The van der Waals surface area contributed by atoms with E-state index >= 15 is 0 Å². The van der Waals surface area contributed by atoms with Crippen molar-refractivity contribution >= 4 is 34.7 Å². The molecule has 1 aromatic carbocycles. The second kappa shape index (κ2) is 9.85. The number of fused-ring (bicyclic) bond motifs is 1. The maximum absolute atomic E-state index is 13.5. The van der Waals surface area contributed by atoms with Crippen LogP contribution in [0.4, 0.5) is 18.9 Å². The molecule has 3 heterocycles. The summed E-state index contributed by atoms with van der Waals surface area (Å²) in [5, 5.41) is 4.23. The SMILES string of the molecule is C/C=C(\C)C(=O)N1CCc2c(C(=O)Nc3cc(C(=O)N4CCCC4)cc(C(F)(F)F)c3)csc2C1. The Kier molecular flexibility index (Phi) is 7.02. The summed E-state index contributed by atoms with van der Waals surface area (Å²) < 4.78 is 40.6. The Morgan fingerprint density at radius 1 is 1.06 bits per heavy atom. The van der Waals surface area contributed by atoms with Gasteiger partial charge in [-0.05, 0) is 56.9 Å². The van der Waals surface area contributed by atoms with Crippen LogP contribution in [0.15, 0.2) is 35.2 Å². The van der Waals surface area contributed by atoms with Crippen molar-refractivity contribution in [2.24, 2.45) is 0 Å². The van der Waals surface area contributed by atoms with Crippen LogP contribution in [0.1, 0.15) is 63.4 Å². The number of thiophene rings is 1. The van der Waals surface area contributed by atoms with E-state index in [0.717, 1.165) is 35.4 Å². The van der Waals surface area contributed by atoms with E-state index in [1.54, 1.807) is 30.2 Å². The van der Waals surface area contributed by atoms with Gasteiger partial charge >= 0.3 is 6.18 Å². The molecule has 10 heteroatoms. The van der Waals surface area contributed by atoms with Crippen LogP contribution in [-0.4, -0.2) is 47.2 Å². The molecule has 3 amide bonds. The molecule has 0 atom stereocenters. The Morgan fingerprint density at radius 3 is 2.43 bits per heavy atom. The normalized spacial score (nSPS) is 16.3. The lowest BCUT2D eigenvalue weighted by Gasteiger charge is -2.27. The fraction of sp³-hybridized carbons (Fsp3) is 0.400. The molecule has 0 unspecified atom stereocenters. The standard InChI is InChI=1S/C25H26F3N3O3S/c1-3-15(2)23(33)31-9-6-19-20(14-35-21(19)13-31)22(32)29-18-11-16(10-17(12-18)25(26,27)28)24(34)30-7-4-5-8-30/h3,10-12,14H,4-9,13H2,1-2H3,(H,29,32)/b15-3+. The van der Waals surface area contributed by atoms with Crippen LogP contribution in [0, 0.1) is 0 Å². The highest BCUT2D eigenvalue weighted by Crippen LogP contribution is 2.34. The zero-order chi connectivity index (χ0) is 25.3. The van der Waals surface area contributed by atoms with E-state index in [-0.39, 0.29) is 17.2 Å². The van der Waals surface area contributed by atoms with Gasteiger partial charge in [-0.3, -0.25) is 14.4 Å². The Labute approximate surface area is 205 Å². The van der Waals surface area contributed by atoms with E-state index in [0.29, 0.717) is 43.7 Å². The first-order chi connectivity index (χ1) is 16.6. The van der Waals surface area contributed by atoms with Crippen LogP contribution >= 0.6 is 11.3 Å². The summed E-state index contributed by atoms with van der Waals surface area (Å²) in [5.41, 5.74) is 0.659. The van der Waals surface area contributed by atoms with Gasteiger partial charge in [-0.15, -0.1) is 11.3 Å². The number of carbonyl (C=O) groups is 3. The largest absolute Gasteiger partial charge is 0.416 e. The quantitative estimate of drug-likeness (QED) is 0.588. The molecule has 35 heavy (non-hydrogen) atoms. The van der Waals surface area contributed by atoms with Crippen molar-refractivity contribution in [3.05, 3.63) is 62.4 Å². The minimum absolute atomic E-state index is 0.0586. The Morgan fingerprint density at radius 2 is 1.77 bits per heavy atom.